The van der Waals surface area contributed by atoms with Gasteiger partial charge in [0, 0.05) is 6.54 Å². The molecule has 0 fully saturated rings. The molecule has 2 aliphatic rings. The largest absolute Gasteiger partial charge is 0.483 e. The fourth-order valence-corrected chi connectivity index (χ4v) is 3.01. The van der Waals surface area contributed by atoms with Crippen LogP contribution >= 0.6 is 0 Å². The molecule has 0 N–H and O–H groups in total. The van der Waals surface area contributed by atoms with Crippen LogP contribution in [0.3, 0.4) is 0 Å². The molecule has 0 bridgehead atoms. The van der Waals surface area contributed by atoms with Crippen molar-refractivity contribution in [2.75, 3.05) is 13.7 Å². The number of amides is 2. The Bertz CT molecular complexity index is 588. The van der Waals surface area contributed by atoms with Gasteiger partial charge in [-0.3, -0.25) is 19.5 Å². The predicted octanol–water partition coefficient (Wildman–Crippen LogP) is 1.88. The van der Waals surface area contributed by atoms with Crippen molar-refractivity contribution in [3.8, 4) is 0 Å². The van der Waals surface area contributed by atoms with Gasteiger partial charge in [0.25, 0.3) is 11.8 Å². The van der Waals surface area contributed by atoms with Gasteiger partial charge in [-0.2, -0.15) is 0 Å². The lowest BCUT2D eigenvalue weighted by Gasteiger charge is -2.39. The number of aliphatic imine (C=N–C) groups is 1. The van der Waals surface area contributed by atoms with Crippen LogP contribution in [0.5, 0.6) is 0 Å². The second kappa shape index (κ2) is 4.44. The van der Waals surface area contributed by atoms with Gasteiger partial charge >= 0.3 is 0 Å². The quantitative estimate of drug-likeness (QED) is 0.733. The number of fused-ring (bicyclic) bond motifs is 1. The monoisotopic (exact) mass is 272 g/mol. The molecule has 0 aliphatic carbocycles. The Morgan fingerprint density at radius 2 is 1.80 bits per heavy atom. The molecule has 1 aromatic carbocycles. The zero-order chi connectivity index (χ0) is 14.3. The second-order valence-corrected chi connectivity index (χ2v) is 5.26. The van der Waals surface area contributed by atoms with Crippen LogP contribution in [-0.4, -0.2) is 41.8 Å². The summed E-state index contributed by atoms with van der Waals surface area (Å²) in [6.07, 6.45) is 1.50. The average Bonchev–Trinajstić information content (AvgIpc) is 2.72. The van der Waals surface area contributed by atoms with Crippen molar-refractivity contribution in [2.45, 2.75) is 25.3 Å². The first-order chi connectivity index (χ1) is 9.59. The zero-order valence-corrected chi connectivity index (χ0v) is 11.5. The van der Waals surface area contributed by atoms with Gasteiger partial charge in [-0.15, -0.1) is 0 Å². The maximum Gasteiger partial charge on any atom is 0.262 e. The van der Waals surface area contributed by atoms with Crippen LogP contribution in [0.2, 0.25) is 0 Å². The lowest BCUT2D eigenvalue weighted by atomic mass is 9.90. The van der Waals surface area contributed by atoms with Crippen molar-refractivity contribution in [3.63, 3.8) is 0 Å². The molecular formula is C15H16N2O3. The maximum absolute atomic E-state index is 12.6. The Balaban J connectivity index is 2.08. The van der Waals surface area contributed by atoms with Crippen molar-refractivity contribution in [2.24, 2.45) is 4.99 Å². The lowest BCUT2D eigenvalue weighted by molar-refractivity contribution is 0.0494. The Hall–Kier alpha value is -2.17. The molecule has 1 unspecified atom stereocenters. The van der Waals surface area contributed by atoms with Crippen LogP contribution < -0.4 is 0 Å². The van der Waals surface area contributed by atoms with Crippen molar-refractivity contribution >= 4 is 17.7 Å². The van der Waals surface area contributed by atoms with E-state index in [0.29, 0.717) is 30.0 Å². The average molecular weight is 272 g/mol. The van der Waals surface area contributed by atoms with Gasteiger partial charge < -0.3 is 4.74 Å². The van der Waals surface area contributed by atoms with Crippen LogP contribution in [-0.2, 0) is 4.74 Å². The van der Waals surface area contributed by atoms with E-state index in [0.717, 1.165) is 6.42 Å². The molecule has 5 heteroatoms. The molecule has 0 saturated heterocycles. The van der Waals surface area contributed by atoms with Crippen molar-refractivity contribution < 1.29 is 14.3 Å². The number of ether oxygens (including phenoxy) is 1. The Kier molecular flexibility index (Phi) is 2.85. The van der Waals surface area contributed by atoms with Crippen LogP contribution in [0.15, 0.2) is 29.3 Å². The highest BCUT2D eigenvalue weighted by molar-refractivity contribution is 6.23. The van der Waals surface area contributed by atoms with Crippen molar-refractivity contribution in [1.29, 1.82) is 0 Å². The molecular weight excluding hydrogens is 256 g/mol. The Morgan fingerprint density at radius 1 is 1.20 bits per heavy atom. The maximum atomic E-state index is 12.6. The summed E-state index contributed by atoms with van der Waals surface area (Å²) in [5.74, 6) is -0.0715. The Morgan fingerprint density at radius 3 is 2.35 bits per heavy atom. The minimum Gasteiger partial charge on any atom is -0.483 e. The molecule has 2 heterocycles. The van der Waals surface area contributed by atoms with Crippen LogP contribution in [0, 0.1) is 0 Å². The highest BCUT2D eigenvalue weighted by Crippen LogP contribution is 2.35. The minimum atomic E-state index is -0.791. The zero-order valence-electron chi connectivity index (χ0n) is 11.5. The predicted molar refractivity (Wildman–Crippen MR) is 73.9 cm³/mol. The first-order valence-corrected chi connectivity index (χ1v) is 6.66. The topological polar surface area (TPSA) is 59.0 Å². The van der Waals surface area contributed by atoms with Gasteiger partial charge in [0.1, 0.15) is 5.54 Å². The first-order valence-electron chi connectivity index (χ1n) is 6.66. The summed E-state index contributed by atoms with van der Waals surface area (Å²) >= 11 is 0. The SMILES string of the molecule is COC1=NCCCC1(C)N1C(=O)c2ccccc2C1=O. The molecule has 5 nitrogen and oxygen atoms in total. The van der Waals surface area contributed by atoms with Crippen LogP contribution in [0.1, 0.15) is 40.5 Å². The third-order valence-electron chi connectivity index (χ3n) is 4.02. The molecule has 104 valence electrons. The first kappa shape index (κ1) is 12.8. The van der Waals surface area contributed by atoms with Crippen molar-refractivity contribution in [1.82, 2.24) is 4.90 Å². The highest BCUT2D eigenvalue weighted by atomic mass is 16.5. The summed E-state index contributed by atoms with van der Waals surface area (Å²) in [5.41, 5.74) is 0.125. The Labute approximate surface area is 117 Å². The smallest absolute Gasteiger partial charge is 0.262 e. The summed E-state index contributed by atoms with van der Waals surface area (Å²) in [6.45, 7) is 2.51. The number of nitrogens with zero attached hydrogens (tertiary/aromatic N) is 2. The van der Waals surface area contributed by atoms with E-state index in [2.05, 4.69) is 4.99 Å². The molecule has 1 aromatic rings. The van der Waals surface area contributed by atoms with Gasteiger partial charge in [0.05, 0.1) is 18.2 Å². The molecule has 2 aliphatic heterocycles. The number of methoxy groups -OCH3 is 1. The summed E-state index contributed by atoms with van der Waals surface area (Å²) in [4.78, 5) is 30.8. The molecule has 3 rings (SSSR count). The van der Waals surface area contributed by atoms with Gasteiger partial charge in [-0.1, -0.05) is 12.1 Å². The van der Waals surface area contributed by atoms with E-state index in [4.69, 9.17) is 4.74 Å². The van der Waals surface area contributed by atoms with E-state index in [-0.39, 0.29) is 11.8 Å². The third-order valence-corrected chi connectivity index (χ3v) is 4.02. The van der Waals surface area contributed by atoms with Gasteiger partial charge in [0.15, 0.2) is 0 Å². The fourth-order valence-electron chi connectivity index (χ4n) is 3.01. The number of imide groups is 1. The lowest BCUT2D eigenvalue weighted by Crippen LogP contribution is -2.56. The van der Waals surface area contributed by atoms with Gasteiger partial charge in [-0.25, -0.2) is 0 Å². The van der Waals surface area contributed by atoms with E-state index >= 15 is 0 Å². The second-order valence-electron chi connectivity index (χ2n) is 5.26. The molecule has 0 saturated carbocycles. The summed E-state index contributed by atoms with van der Waals surface area (Å²) in [5, 5.41) is 0. The normalized spacial score (nSPS) is 25.5. The van der Waals surface area contributed by atoms with E-state index in [1.165, 1.54) is 12.0 Å². The number of benzene rings is 1. The van der Waals surface area contributed by atoms with Crippen LogP contribution in [0.4, 0.5) is 0 Å². The molecule has 0 aromatic heterocycles. The standard InChI is InChI=1S/C15H16N2O3/c1-15(8-5-9-16-14(15)20-2)17-12(18)10-6-3-4-7-11(10)13(17)19/h3-4,6-7H,5,8-9H2,1-2H3. The highest BCUT2D eigenvalue weighted by Gasteiger charge is 2.50. The summed E-state index contributed by atoms with van der Waals surface area (Å²) in [6, 6.07) is 6.90. The third kappa shape index (κ3) is 1.59. The van der Waals surface area contributed by atoms with Gasteiger partial charge in [0.2, 0.25) is 5.90 Å². The van der Waals surface area contributed by atoms with E-state index in [9.17, 15) is 9.59 Å². The number of carbonyl (C=O) groups excluding carboxylic acids is 2. The molecule has 20 heavy (non-hydrogen) atoms. The molecule has 0 spiro atoms. The fraction of sp³-hybridized carbons (Fsp3) is 0.400. The number of hydrogen-bond acceptors (Lipinski definition) is 4. The number of rotatable bonds is 1. The summed E-state index contributed by atoms with van der Waals surface area (Å²) in [7, 11) is 1.53. The minimum absolute atomic E-state index is 0.264. The number of carbonyl (C=O) groups is 2. The van der Waals surface area contributed by atoms with Crippen molar-refractivity contribution in [3.05, 3.63) is 35.4 Å². The molecule has 1 atom stereocenters. The number of hydrogen-bond donors (Lipinski definition) is 0. The van der Waals surface area contributed by atoms with E-state index in [1.807, 2.05) is 6.92 Å². The van der Waals surface area contributed by atoms with E-state index < -0.39 is 5.54 Å². The van der Waals surface area contributed by atoms with Gasteiger partial charge in [-0.05, 0) is 31.9 Å². The van der Waals surface area contributed by atoms with E-state index in [1.54, 1.807) is 24.3 Å². The van der Waals surface area contributed by atoms with Crippen LogP contribution in [0.25, 0.3) is 0 Å². The summed E-state index contributed by atoms with van der Waals surface area (Å²) < 4.78 is 5.32. The molecule has 2 amide bonds. The molecule has 0 radical (unpaired) electrons.